The largest absolute Gasteiger partial charge is 0.326 e. The van der Waals surface area contributed by atoms with Gasteiger partial charge in [-0.25, -0.2) is 4.39 Å². The Morgan fingerprint density at radius 1 is 1.00 bits per heavy atom. The first-order valence-electron chi connectivity index (χ1n) is 5.91. The maximum atomic E-state index is 13.0. The highest BCUT2D eigenvalue weighted by molar-refractivity contribution is 4.88. The van der Waals surface area contributed by atoms with Crippen molar-refractivity contribution in [2.75, 3.05) is 13.1 Å². The summed E-state index contributed by atoms with van der Waals surface area (Å²) in [5, 5.41) is 0. The number of nitrogens with zero attached hydrogens (tertiary/aromatic N) is 1. The van der Waals surface area contributed by atoms with Crippen LogP contribution in [0.1, 0.15) is 38.5 Å². The third kappa shape index (κ3) is 2.26. The molecule has 2 N–H and O–H groups in total. The second-order valence-electron chi connectivity index (χ2n) is 4.73. The Morgan fingerprint density at radius 2 is 1.64 bits per heavy atom. The zero-order valence-electron chi connectivity index (χ0n) is 8.79. The van der Waals surface area contributed by atoms with E-state index < -0.39 is 6.17 Å². The monoisotopic (exact) mass is 200 g/mol. The van der Waals surface area contributed by atoms with Gasteiger partial charge >= 0.3 is 0 Å². The van der Waals surface area contributed by atoms with Crippen molar-refractivity contribution < 1.29 is 4.39 Å². The summed E-state index contributed by atoms with van der Waals surface area (Å²) in [4.78, 5) is 2.42. The quantitative estimate of drug-likeness (QED) is 0.698. The molecule has 2 atom stereocenters. The van der Waals surface area contributed by atoms with E-state index in [1.165, 1.54) is 19.3 Å². The second kappa shape index (κ2) is 4.58. The van der Waals surface area contributed by atoms with Crippen molar-refractivity contribution in [3.8, 4) is 0 Å². The highest BCUT2D eigenvalue weighted by Crippen LogP contribution is 2.25. The number of hydrogen-bond donors (Lipinski definition) is 1. The summed E-state index contributed by atoms with van der Waals surface area (Å²) in [6.07, 6.45) is 5.81. The van der Waals surface area contributed by atoms with Crippen molar-refractivity contribution in [1.29, 1.82) is 0 Å². The third-order valence-corrected chi connectivity index (χ3v) is 3.71. The van der Waals surface area contributed by atoms with Crippen LogP contribution in [0.3, 0.4) is 0 Å². The molecule has 0 bridgehead atoms. The third-order valence-electron chi connectivity index (χ3n) is 3.71. The van der Waals surface area contributed by atoms with Gasteiger partial charge in [0.2, 0.25) is 0 Å². The molecule has 14 heavy (non-hydrogen) atoms. The molecular weight excluding hydrogens is 179 g/mol. The molecule has 0 spiro atoms. The van der Waals surface area contributed by atoms with Crippen LogP contribution in [0.2, 0.25) is 0 Å². The number of hydrogen-bond acceptors (Lipinski definition) is 2. The average Bonchev–Trinajstić information content (AvgIpc) is 2.20. The lowest BCUT2D eigenvalue weighted by Gasteiger charge is -2.40. The summed E-state index contributed by atoms with van der Waals surface area (Å²) in [6.45, 7) is 1.83. The molecule has 2 unspecified atom stereocenters. The van der Waals surface area contributed by atoms with Crippen molar-refractivity contribution in [2.45, 2.75) is 56.8 Å². The summed E-state index contributed by atoms with van der Waals surface area (Å²) < 4.78 is 13.0. The fourth-order valence-electron chi connectivity index (χ4n) is 2.79. The molecule has 1 saturated heterocycles. The van der Waals surface area contributed by atoms with Gasteiger partial charge in [-0.05, 0) is 25.7 Å². The molecule has 1 heterocycles. The maximum Gasteiger partial charge on any atom is 0.103 e. The molecule has 1 saturated carbocycles. The minimum Gasteiger partial charge on any atom is -0.326 e. The molecular formula is C11H21FN2. The van der Waals surface area contributed by atoms with Crippen molar-refractivity contribution in [3.63, 3.8) is 0 Å². The first kappa shape index (κ1) is 10.4. The van der Waals surface area contributed by atoms with Crippen LogP contribution >= 0.6 is 0 Å². The Balaban J connectivity index is 1.87. The number of nitrogens with two attached hydrogens (primary N) is 1. The second-order valence-corrected chi connectivity index (χ2v) is 4.73. The number of halogens is 1. The van der Waals surface area contributed by atoms with Crippen molar-refractivity contribution >= 4 is 0 Å². The number of alkyl halides is 1. The van der Waals surface area contributed by atoms with Crippen molar-refractivity contribution in [1.82, 2.24) is 4.90 Å². The Kier molecular flexibility index (Phi) is 3.39. The number of likely N-dealkylation sites (tertiary alicyclic amines) is 1. The van der Waals surface area contributed by atoms with Gasteiger partial charge in [0.05, 0.1) is 0 Å². The molecule has 2 nitrogen and oxygen atoms in total. The normalized spacial score (nSPS) is 37.3. The molecule has 0 aromatic heterocycles. The van der Waals surface area contributed by atoms with E-state index in [1.807, 2.05) is 0 Å². The summed E-state index contributed by atoms with van der Waals surface area (Å²) in [7, 11) is 0. The highest BCUT2D eigenvalue weighted by Gasteiger charge is 2.30. The van der Waals surface area contributed by atoms with Crippen LogP contribution in [-0.2, 0) is 0 Å². The van der Waals surface area contributed by atoms with Gasteiger partial charge in [-0.1, -0.05) is 12.8 Å². The summed E-state index contributed by atoms with van der Waals surface area (Å²) >= 11 is 0. The first-order chi connectivity index (χ1) is 6.77. The minimum absolute atomic E-state index is 0.333. The Labute approximate surface area is 85.6 Å². The molecule has 0 radical (unpaired) electrons. The average molecular weight is 200 g/mol. The zero-order chi connectivity index (χ0) is 9.97. The molecule has 1 aliphatic heterocycles. The lowest BCUT2D eigenvalue weighted by molar-refractivity contribution is 0.0807. The van der Waals surface area contributed by atoms with Gasteiger partial charge in [0, 0.05) is 25.2 Å². The van der Waals surface area contributed by atoms with Crippen LogP contribution in [0.15, 0.2) is 0 Å². The van der Waals surface area contributed by atoms with E-state index in [4.69, 9.17) is 5.73 Å². The van der Waals surface area contributed by atoms with Crippen molar-refractivity contribution in [2.24, 2.45) is 5.73 Å². The van der Waals surface area contributed by atoms with Gasteiger partial charge in [0.25, 0.3) is 0 Å². The van der Waals surface area contributed by atoms with Gasteiger partial charge in [0.15, 0.2) is 0 Å². The molecule has 3 heteroatoms. The molecule has 82 valence electrons. The fourth-order valence-corrected chi connectivity index (χ4v) is 2.79. The summed E-state index contributed by atoms with van der Waals surface area (Å²) in [5.41, 5.74) is 6.11. The molecule has 0 amide bonds. The topological polar surface area (TPSA) is 29.3 Å². The van der Waals surface area contributed by atoms with E-state index in [-0.39, 0.29) is 0 Å². The van der Waals surface area contributed by atoms with E-state index in [0.717, 1.165) is 19.5 Å². The molecule has 0 aromatic rings. The fraction of sp³-hybridized carbons (Fsp3) is 1.00. The van der Waals surface area contributed by atoms with Crippen LogP contribution in [0.25, 0.3) is 0 Å². The first-order valence-corrected chi connectivity index (χ1v) is 5.91. The number of piperidine rings is 1. The van der Waals surface area contributed by atoms with Crippen LogP contribution in [0, 0.1) is 0 Å². The zero-order valence-corrected chi connectivity index (χ0v) is 8.79. The van der Waals surface area contributed by atoms with Gasteiger partial charge < -0.3 is 5.73 Å². The summed E-state index contributed by atoms with van der Waals surface area (Å²) in [5.74, 6) is 0. The van der Waals surface area contributed by atoms with Crippen LogP contribution in [-0.4, -0.2) is 36.2 Å². The van der Waals surface area contributed by atoms with Gasteiger partial charge in [-0.2, -0.15) is 0 Å². The SMILES string of the molecule is NC1CCCCC1N1CCC(F)CC1. The molecule has 1 aliphatic carbocycles. The Morgan fingerprint density at radius 3 is 2.29 bits per heavy atom. The predicted octanol–water partition coefficient (Wildman–Crippen LogP) is 1.69. The molecule has 2 rings (SSSR count). The smallest absolute Gasteiger partial charge is 0.103 e. The molecule has 0 aromatic carbocycles. The highest BCUT2D eigenvalue weighted by atomic mass is 19.1. The lowest BCUT2D eigenvalue weighted by atomic mass is 9.88. The van der Waals surface area contributed by atoms with Crippen LogP contribution in [0.5, 0.6) is 0 Å². The Bertz CT molecular complexity index is 178. The predicted molar refractivity (Wildman–Crippen MR) is 55.9 cm³/mol. The standard InChI is InChI=1S/C11H21FN2/c12-9-5-7-14(8-6-9)11-4-2-1-3-10(11)13/h9-11H,1-8,13H2. The van der Waals surface area contributed by atoms with E-state index in [9.17, 15) is 4.39 Å². The van der Waals surface area contributed by atoms with E-state index in [2.05, 4.69) is 4.90 Å². The van der Waals surface area contributed by atoms with Crippen LogP contribution in [0.4, 0.5) is 4.39 Å². The van der Waals surface area contributed by atoms with Crippen LogP contribution < -0.4 is 5.73 Å². The maximum absolute atomic E-state index is 13.0. The van der Waals surface area contributed by atoms with Gasteiger partial charge in [0.1, 0.15) is 6.17 Å². The van der Waals surface area contributed by atoms with Crippen molar-refractivity contribution in [3.05, 3.63) is 0 Å². The van der Waals surface area contributed by atoms with E-state index in [0.29, 0.717) is 24.9 Å². The van der Waals surface area contributed by atoms with Gasteiger partial charge in [-0.15, -0.1) is 0 Å². The molecule has 2 fully saturated rings. The van der Waals surface area contributed by atoms with Gasteiger partial charge in [-0.3, -0.25) is 4.90 Å². The minimum atomic E-state index is -0.564. The summed E-state index contributed by atoms with van der Waals surface area (Å²) in [6, 6.07) is 0.871. The lowest BCUT2D eigenvalue weighted by Crippen LogP contribution is -2.52. The number of rotatable bonds is 1. The van der Waals surface area contributed by atoms with E-state index >= 15 is 0 Å². The Hall–Kier alpha value is -0.150. The van der Waals surface area contributed by atoms with E-state index in [1.54, 1.807) is 0 Å². The molecule has 2 aliphatic rings.